The van der Waals surface area contributed by atoms with Crippen LogP contribution in [0.4, 0.5) is 0 Å². The van der Waals surface area contributed by atoms with E-state index in [-0.39, 0.29) is 29.9 Å². The number of halogens is 2. The molecule has 0 bridgehead atoms. The Morgan fingerprint density at radius 2 is 1.85 bits per heavy atom. The first kappa shape index (κ1) is 22.5. The third-order valence-electron chi connectivity index (χ3n) is 3.36. The van der Waals surface area contributed by atoms with E-state index in [2.05, 4.69) is 36.9 Å². The number of rotatable bonds is 8. The van der Waals surface area contributed by atoms with Gasteiger partial charge < -0.3 is 20.4 Å². The lowest BCUT2D eigenvalue weighted by Gasteiger charge is -2.11. The lowest BCUT2D eigenvalue weighted by atomic mass is 10.2. The summed E-state index contributed by atoms with van der Waals surface area (Å²) in [6, 6.07) is 11.1. The van der Waals surface area contributed by atoms with E-state index in [1.54, 1.807) is 18.4 Å². The summed E-state index contributed by atoms with van der Waals surface area (Å²) in [5, 5.41) is 9.26. The van der Waals surface area contributed by atoms with Crippen LogP contribution in [0.5, 0.6) is 0 Å². The van der Waals surface area contributed by atoms with Crippen molar-refractivity contribution in [1.29, 1.82) is 0 Å². The molecule has 2 rings (SSSR count). The summed E-state index contributed by atoms with van der Waals surface area (Å²) in [5.41, 5.74) is 0.641. The molecule has 0 fully saturated rings. The molecule has 0 aliphatic heterocycles. The van der Waals surface area contributed by atoms with Gasteiger partial charge in [0.15, 0.2) is 5.96 Å². The van der Waals surface area contributed by atoms with E-state index in [4.69, 9.17) is 4.42 Å². The van der Waals surface area contributed by atoms with Crippen LogP contribution >= 0.6 is 39.9 Å². The molecular weight excluding hydrogens is 511 g/mol. The summed E-state index contributed by atoms with van der Waals surface area (Å²) in [5.74, 6) is 1.56. The van der Waals surface area contributed by atoms with Crippen molar-refractivity contribution < 1.29 is 9.21 Å². The first-order valence-corrected chi connectivity index (χ1v) is 9.06. The van der Waals surface area contributed by atoms with Gasteiger partial charge in [-0.3, -0.25) is 9.79 Å². The summed E-state index contributed by atoms with van der Waals surface area (Å²) < 4.78 is 6.24. The van der Waals surface area contributed by atoms with Crippen molar-refractivity contribution in [2.45, 2.75) is 13.3 Å². The number of carbonyl (C=O) groups is 1. The maximum Gasteiger partial charge on any atom is 0.251 e. The third-order valence-corrected chi connectivity index (χ3v) is 3.89. The number of benzene rings is 1. The number of hydrogen-bond acceptors (Lipinski definition) is 3. The summed E-state index contributed by atoms with van der Waals surface area (Å²) in [7, 11) is 0. The molecule has 0 aliphatic carbocycles. The Balaban J connectivity index is 0.00000338. The van der Waals surface area contributed by atoms with Crippen LogP contribution in [0.25, 0.3) is 0 Å². The molecule has 0 saturated heterocycles. The quantitative estimate of drug-likeness (QED) is 0.210. The predicted octanol–water partition coefficient (Wildman–Crippen LogP) is 3.19. The monoisotopic (exact) mass is 534 g/mol. The van der Waals surface area contributed by atoms with E-state index in [1.807, 2.05) is 31.2 Å². The topological polar surface area (TPSA) is 78.7 Å². The van der Waals surface area contributed by atoms with Gasteiger partial charge in [0.2, 0.25) is 0 Å². The normalized spacial score (nSPS) is 10.8. The van der Waals surface area contributed by atoms with Crippen molar-refractivity contribution in [3.63, 3.8) is 0 Å². The number of nitrogens with zero attached hydrogens (tertiary/aromatic N) is 1. The number of guanidine groups is 1. The van der Waals surface area contributed by atoms with Crippen LogP contribution in [0.1, 0.15) is 23.0 Å². The zero-order chi connectivity index (χ0) is 17.9. The van der Waals surface area contributed by atoms with Crippen LogP contribution in [0.15, 0.2) is 56.5 Å². The minimum absolute atomic E-state index is 0. The molecule has 6 nitrogen and oxygen atoms in total. The van der Waals surface area contributed by atoms with Gasteiger partial charge in [0.1, 0.15) is 5.76 Å². The molecule has 1 heterocycles. The molecule has 3 N–H and O–H groups in total. The van der Waals surface area contributed by atoms with Gasteiger partial charge in [0.25, 0.3) is 5.91 Å². The highest BCUT2D eigenvalue weighted by molar-refractivity contribution is 14.0. The Morgan fingerprint density at radius 3 is 2.50 bits per heavy atom. The fraction of sp³-hybridized carbons (Fsp3) is 0.333. The second-order valence-electron chi connectivity index (χ2n) is 5.28. The molecule has 1 aromatic heterocycles. The molecule has 1 aromatic carbocycles. The van der Waals surface area contributed by atoms with Crippen LogP contribution < -0.4 is 16.0 Å². The lowest BCUT2D eigenvalue weighted by molar-refractivity contribution is 0.0954. The Morgan fingerprint density at radius 1 is 1.12 bits per heavy atom. The zero-order valence-corrected chi connectivity index (χ0v) is 18.5. The summed E-state index contributed by atoms with van der Waals surface area (Å²) in [4.78, 5) is 16.5. The predicted molar refractivity (Wildman–Crippen MR) is 118 cm³/mol. The summed E-state index contributed by atoms with van der Waals surface area (Å²) in [6.45, 7) is 4.53. The van der Waals surface area contributed by atoms with Crippen LogP contribution in [0.2, 0.25) is 0 Å². The molecule has 2 aromatic rings. The minimum atomic E-state index is -0.0888. The molecule has 142 valence electrons. The number of nitrogens with one attached hydrogen (secondary N) is 3. The standard InChI is InChI=1S/C18H23BrN4O2.HI/c1-2-20-18(22-10-9-16-4-3-13-25-16)23-12-11-21-17(24)14-5-7-15(19)8-6-14;/h3-8,13H,2,9-12H2,1H3,(H,21,24)(H2,20,22,23);1H. The highest BCUT2D eigenvalue weighted by Crippen LogP contribution is 2.10. The Labute approximate surface area is 179 Å². The van der Waals surface area contributed by atoms with Crippen molar-refractivity contribution >= 4 is 51.8 Å². The molecule has 1 amide bonds. The fourth-order valence-electron chi connectivity index (χ4n) is 2.13. The smallest absolute Gasteiger partial charge is 0.251 e. The van der Waals surface area contributed by atoms with Crippen molar-refractivity contribution in [1.82, 2.24) is 16.0 Å². The van der Waals surface area contributed by atoms with E-state index in [0.29, 0.717) is 25.2 Å². The van der Waals surface area contributed by atoms with E-state index in [0.717, 1.165) is 29.2 Å². The largest absolute Gasteiger partial charge is 0.469 e. The van der Waals surface area contributed by atoms with Crippen molar-refractivity contribution in [3.8, 4) is 0 Å². The fourth-order valence-corrected chi connectivity index (χ4v) is 2.40. The highest BCUT2D eigenvalue weighted by atomic mass is 127. The van der Waals surface area contributed by atoms with Gasteiger partial charge in [0, 0.05) is 42.6 Å². The van der Waals surface area contributed by atoms with Crippen LogP contribution in [-0.4, -0.2) is 38.0 Å². The van der Waals surface area contributed by atoms with Crippen LogP contribution in [0.3, 0.4) is 0 Å². The van der Waals surface area contributed by atoms with Crippen molar-refractivity contribution in [2.24, 2.45) is 4.99 Å². The van der Waals surface area contributed by atoms with E-state index in [9.17, 15) is 4.79 Å². The van der Waals surface area contributed by atoms with Crippen molar-refractivity contribution in [2.75, 3.05) is 26.2 Å². The van der Waals surface area contributed by atoms with Crippen LogP contribution in [0, 0.1) is 0 Å². The molecule has 26 heavy (non-hydrogen) atoms. The molecule has 0 unspecified atom stereocenters. The first-order valence-electron chi connectivity index (χ1n) is 8.27. The molecule has 0 atom stereocenters. The average Bonchev–Trinajstić information content (AvgIpc) is 3.12. The van der Waals surface area contributed by atoms with Gasteiger partial charge >= 0.3 is 0 Å². The maximum absolute atomic E-state index is 12.0. The second kappa shape index (κ2) is 12.7. The Hall–Kier alpha value is -1.55. The maximum atomic E-state index is 12.0. The minimum Gasteiger partial charge on any atom is -0.469 e. The highest BCUT2D eigenvalue weighted by Gasteiger charge is 2.04. The number of carbonyl (C=O) groups excluding carboxylic acids is 1. The lowest BCUT2D eigenvalue weighted by Crippen LogP contribution is -2.41. The van der Waals surface area contributed by atoms with Gasteiger partial charge in [-0.25, -0.2) is 0 Å². The molecule has 0 saturated carbocycles. The average molecular weight is 535 g/mol. The number of amides is 1. The van der Waals surface area contributed by atoms with Crippen LogP contribution in [-0.2, 0) is 6.42 Å². The summed E-state index contributed by atoms with van der Waals surface area (Å²) >= 11 is 3.35. The molecule has 8 heteroatoms. The first-order chi connectivity index (χ1) is 12.2. The number of aliphatic imine (C=N–C) groups is 1. The van der Waals surface area contributed by atoms with Gasteiger partial charge in [0.05, 0.1) is 6.26 Å². The van der Waals surface area contributed by atoms with Gasteiger partial charge in [-0.1, -0.05) is 15.9 Å². The molecule has 0 radical (unpaired) electrons. The molecule has 0 spiro atoms. The van der Waals surface area contributed by atoms with E-state index < -0.39 is 0 Å². The zero-order valence-electron chi connectivity index (χ0n) is 14.6. The number of hydrogen-bond donors (Lipinski definition) is 3. The second-order valence-corrected chi connectivity index (χ2v) is 6.20. The van der Waals surface area contributed by atoms with E-state index >= 15 is 0 Å². The Bertz CT molecular complexity index is 675. The van der Waals surface area contributed by atoms with Gasteiger partial charge in [-0.15, -0.1) is 24.0 Å². The van der Waals surface area contributed by atoms with E-state index in [1.165, 1.54) is 0 Å². The SMILES string of the molecule is CCNC(=NCCc1ccco1)NCCNC(=O)c1ccc(Br)cc1.I. The molecular formula is C18H24BrIN4O2. The van der Waals surface area contributed by atoms with Gasteiger partial charge in [-0.2, -0.15) is 0 Å². The number of furan rings is 1. The Kier molecular flexibility index (Phi) is 11.0. The van der Waals surface area contributed by atoms with Crippen molar-refractivity contribution in [3.05, 3.63) is 58.5 Å². The van der Waals surface area contributed by atoms with Gasteiger partial charge in [-0.05, 0) is 43.3 Å². The third kappa shape index (κ3) is 8.22. The summed E-state index contributed by atoms with van der Waals surface area (Å²) in [6.07, 6.45) is 2.42. The molecule has 0 aliphatic rings.